The number of fused-ring (bicyclic) bond motifs is 4. The normalized spacial score (nSPS) is 24.5. The van der Waals surface area contributed by atoms with Gasteiger partial charge in [0.05, 0.1) is 32.1 Å². The van der Waals surface area contributed by atoms with E-state index in [2.05, 4.69) is 16.4 Å². The number of aromatic nitrogens is 1. The molecule has 0 unspecified atom stereocenters. The lowest BCUT2D eigenvalue weighted by atomic mass is 9.63. The van der Waals surface area contributed by atoms with E-state index in [0.717, 1.165) is 22.4 Å². The summed E-state index contributed by atoms with van der Waals surface area (Å²) >= 11 is 0. The first kappa shape index (κ1) is 18.9. The molecule has 1 amide bonds. The molecule has 0 aromatic carbocycles. The highest BCUT2D eigenvalue weighted by atomic mass is 16.5. The van der Waals surface area contributed by atoms with Crippen LogP contribution in [0, 0.1) is 5.92 Å². The number of hydrogen-bond acceptors (Lipinski definition) is 6. The number of nitrogens with one attached hydrogen (secondary N) is 1. The number of allylic oxidation sites excluding steroid dienone is 1. The van der Waals surface area contributed by atoms with E-state index in [-0.39, 0.29) is 12.5 Å². The van der Waals surface area contributed by atoms with Crippen LogP contribution in [0.3, 0.4) is 0 Å². The van der Waals surface area contributed by atoms with Crippen molar-refractivity contribution in [2.45, 2.75) is 32.2 Å². The highest BCUT2D eigenvalue weighted by Crippen LogP contribution is 2.50. The minimum absolute atomic E-state index is 0.0765. The van der Waals surface area contributed by atoms with Crippen LogP contribution < -0.4 is 10.1 Å². The summed E-state index contributed by atoms with van der Waals surface area (Å²) in [4.78, 5) is 29.0. The summed E-state index contributed by atoms with van der Waals surface area (Å²) in [7, 11) is 2.89. The molecule has 3 rings (SSSR count). The average Bonchev–Trinajstić information content (AvgIpc) is 2.63. The van der Waals surface area contributed by atoms with Crippen molar-refractivity contribution in [2.75, 3.05) is 20.8 Å². The highest BCUT2D eigenvalue weighted by Gasteiger charge is 2.49. The van der Waals surface area contributed by atoms with E-state index >= 15 is 0 Å². The molecule has 2 bridgehead atoms. The Morgan fingerprint density at radius 1 is 1.37 bits per heavy atom. The lowest BCUT2D eigenvalue weighted by Gasteiger charge is -2.47. The van der Waals surface area contributed by atoms with Gasteiger partial charge in [0, 0.05) is 30.0 Å². The number of rotatable bonds is 4. The van der Waals surface area contributed by atoms with Gasteiger partial charge in [-0.25, -0.2) is 14.6 Å². The molecule has 1 aromatic rings. The number of carbonyl (C=O) groups excluding carboxylic acids is 2. The quantitative estimate of drug-likeness (QED) is 0.497. The van der Waals surface area contributed by atoms with E-state index < -0.39 is 17.6 Å². The van der Waals surface area contributed by atoms with E-state index in [4.69, 9.17) is 14.2 Å². The zero-order chi connectivity index (χ0) is 19.6. The summed E-state index contributed by atoms with van der Waals surface area (Å²) in [6, 6.07) is 3.65. The van der Waals surface area contributed by atoms with Crippen LogP contribution in [0.2, 0.25) is 0 Å². The van der Waals surface area contributed by atoms with Gasteiger partial charge in [0.25, 0.3) is 0 Å². The van der Waals surface area contributed by atoms with Crippen molar-refractivity contribution in [1.29, 1.82) is 0 Å². The van der Waals surface area contributed by atoms with Gasteiger partial charge in [0.15, 0.2) is 0 Å². The fourth-order valence-corrected chi connectivity index (χ4v) is 4.05. The molecule has 7 nitrogen and oxygen atoms in total. The van der Waals surface area contributed by atoms with E-state index in [9.17, 15) is 9.59 Å². The third-order valence-electron chi connectivity index (χ3n) is 5.01. The Bertz CT molecular complexity index is 830. The number of pyridine rings is 1. The number of nitrogens with zero attached hydrogens (tertiary/aromatic N) is 1. The number of amides is 1. The minimum Gasteiger partial charge on any atom is -0.481 e. The lowest BCUT2D eigenvalue weighted by molar-refractivity contribution is -0.137. The Labute approximate surface area is 158 Å². The molecule has 0 aliphatic heterocycles. The number of esters is 1. The van der Waals surface area contributed by atoms with Crippen molar-refractivity contribution in [3.05, 3.63) is 46.7 Å². The zero-order valence-electron chi connectivity index (χ0n) is 16.0. The van der Waals surface area contributed by atoms with E-state index in [1.54, 1.807) is 20.1 Å². The molecule has 1 N–H and O–H groups in total. The van der Waals surface area contributed by atoms with Gasteiger partial charge in [-0.05, 0) is 31.9 Å². The number of alkyl carbamates (subject to hydrolysis) is 1. The third kappa shape index (κ3) is 3.41. The summed E-state index contributed by atoms with van der Waals surface area (Å²) in [5.74, 6) is 0.0115. The van der Waals surface area contributed by atoms with Crippen LogP contribution in [-0.4, -0.2) is 37.9 Å². The molecule has 0 fully saturated rings. The van der Waals surface area contributed by atoms with Crippen molar-refractivity contribution in [3.8, 4) is 5.88 Å². The second kappa shape index (κ2) is 7.42. The summed E-state index contributed by atoms with van der Waals surface area (Å²) in [5.41, 5.74) is 2.68. The molecule has 27 heavy (non-hydrogen) atoms. The summed E-state index contributed by atoms with van der Waals surface area (Å²) in [5, 5.41) is 2.98. The molecule has 0 saturated carbocycles. The predicted octanol–water partition coefficient (Wildman–Crippen LogP) is 2.65. The van der Waals surface area contributed by atoms with E-state index in [1.165, 1.54) is 13.2 Å². The van der Waals surface area contributed by atoms with E-state index in [1.807, 2.05) is 13.0 Å². The molecule has 2 aliphatic carbocycles. The molecule has 2 aliphatic rings. The summed E-state index contributed by atoms with van der Waals surface area (Å²) < 4.78 is 15.3. The molecule has 0 saturated heterocycles. The van der Waals surface area contributed by atoms with Crippen LogP contribution in [0.4, 0.5) is 4.79 Å². The maximum atomic E-state index is 12.2. The Balaban J connectivity index is 2.21. The van der Waals surface area contributed by atoms with Crippen molar-refractivity contribution < 1.29 is 23.8 Å². The SMILES string of the molecule is CCOC(=O)C=C1[C@@H]2C=C(C)C[C@@]1(NC(=O)OC)c1ccc(OC)nc1C2. The molecule has 7 heteroatoms. The number of hydrogen-bond donors (Lipinski definition) is 1. The van der Waals surface area contributed by atoms with Gasteiger partial charge >= 0.3 is 12.1 Å². The maximum Gasteiger partial charge on any atom is 0.407 e. The van der Waals surface area contributed by atoms with Crippen molar-refractivity contribution in [2.24, 2.45) is 5.92 Å². The van der Waals surface area contributed by atoms with Gasteiger partial charge in [0.2, 0.25) is 5.88 Å². The maximum absolute atomic E-state index is 12.2. The topological polar surface area (TPSA) is 86.8 Å². The van der Waals surface area contributed by atoms with Gasteiger partial charge in [-0.15, -0.1) is 0 Å². The largest absolute Gasteiger partial charge is 0.481 e. The molecule has 0 spiro atoms. The Kier molecular flexibility index (Phi) is 5.21. The van der Waals surface area contributed by atoms with Gasteiger partial charge in [-0.1, -0.05) is 11.6 Å². The monoisotopic (exact) mass is 372 g/mol. The molecule has 2 atom stereocenters. The Morgan fingerprint density at radius 3 is 2.81 bits per heavy atom. The molecule has 1 aromatic heterocycles. The first-order valence-corrected chi connectivity index (χ1v) is 8.90. The van der Waals surface area contributed by atoms with Gasteiger partial charge < -0.3 is 19.5 Å². The van der Waals surface area contributed by atoms with Gasteiger partial charge in [-0.2, -0.15) is 0 Å². The summed E-state index contributed by atoms with van der Waals surface area (Å²) in [6.45, 7) is 4.06. The summed E-state index contributed by atoms with van der Waals surface area (Å²) in [6.07, 6.45) is 4.18. The molecular formula is C20H24N2O5. The first-order valence-electron chi connectivity index (χ1n) is 8.90. The van der Waals surface area contributed by atoms with Gasteiger partial charge in [-0.3, -0.25) is 0 Å². The van der Waals surface area contributed by atoms with Gasteiger partial charge in [0.1, 0.15) is 0 Å². The van der Waals surface area contributed by atoms with Crippen molar-refractivity contribution in [1.82, 2.24) is 10.3 Å². The highest BCUT2D eigenvalue weighted by molar-refractivity contribution is 5.84. The van der Waals surface area contributed by atoms with Crippen LogP contribution in [0.25, 0.3) is 0 Å². The van der Waals surface area contributed by atoms with Crippen LogP contribution >= 0.6 is 0 Å². The van der Waals surface area contributed by atoms with Crippen LogP contribution in [0.15, 0.2) is 35.4 Å². The second-order valence-corrected chi connectivity index (χ2v) is 6.72. The second-order valence-electron chi connectivity index (χ2n) is 6.72. The van der Waals surface area contributed by atoms with Crippen molar-refractivity contribution >= 4 is 12.1 Å². The van der Waals surface area contributed by atoms with Crippen molar-refractivity contribution in [3.63, 3.8) is 0 Å². The van der Waals surface area contributed by atoms with Crippen LogP contribution in [-0.2, 0) is 26.2 Å². The fraction of sp³-hybridized carbons (Fsp3) is 0.450. The first-order chi connectivity index (χ1) is 12.9. The number of ether oxygens (including phenoxy) is 3. The fourth-order valence-electron chi connectivity index (χ4n) is 4.05. The smallest absolute Gasteiger partial charge is 0.407 e. The number of carbonyl (C=O) groups is 2. The molecule has 144 valence electrons. The molecule has 1 heterocycles. The zero-order valence-corrected chi connectivity index (χ0v) is 16.0. The lowest BCUT2D eigenvalue weighted by Crippen LogP contribution is -2.53. The average molecular weight is 372 g/mol. The minimum atomic E-state index is -0.907. The number of methoxy groups -OCH3 is 2. The molecular weight excluding hydrogens is 348 g/mol. The van der Waals surface area contributed by atoms with Crippen LogP contribution in [0.5, 0.6) is 5.88 Å². The Hall–Kier alpha value is -2.83. The molecule has 0 radical (unpaired) electrons. The van der Waals surface area contributed by atoms with E-state index in [0.29, 0.717) is 18.7 Å². The predicted molar refractivity (Wildman–Crippen MR) is 98.3 cm³/mol. The van der Waals surface area contributed by atoms with Crippen LogP contribution in [0.1, 0.15) is 31.5 Å². The standard InChI is InChI=1S/C20H24N2O5/c1-5-27-18(23)10-15-13-8-12(2)11-20(15,22-19(24)26-4)14-6-7-17(25-3)21-16(14)9-13/h6-8,10,13H,5,9,11H2,1-4H3,(H,22,24)/t13-,20-/m1/s1. The Morgan fingerprint density at radius 2 is 2.15 bits per heavy atom. The third-order valence-corrected chi connectivity index (χ3v) is 5.01.